The number of rotatable bonds is 5. The minimum Gasteiger partial charge on any atom is -0.467 e. The van der Waals surface area contributed by atoms with Crippen LogP contribution in [-0.4, -0.2) is 60.8 Å². The summed E-state index contributed by atoms with van der Waals surface area (Å²) >= 11 is 0. The van der Waals surface area contributed by atoms with Gasteiger partial charge in [-0.15, -0.1) is 0 Å². The van der Waals surface area contributed by atoms with Crippen molar-refractivity contribution in [2.24, 2.45) is 11.3 Å². The number of nitrogens with zero attached hydrogens (tertiary/aromatic N) is 1. The van der Waals surface area contributed by atoms with E-state index in [-0.39, 0.29) is 17.9 Å². The number of esters is 1. The molecule has 5 atom stereocenters. The molecule has 26 heavy (non-hydrogen) atoms. The predicted octanol–water partition coefficient (Wildman–Crippen LogP) is 2.08. The molecule has 3 fully saturated rings. The lowest BCUT2D eigenvalue weighted by Gasteiger charge is -2.41. The fourth-order valence-corrected chi connectivity index (χ4v) is 4.57. The summed E-state index contributed by atoms with van der Waals surface area (Å²) in [4.78, 5) is 27.9. The molecule has 3 heterocycles. The summed E-state index contributed by atoms with van der Waals surface area (Å²) in [5, 5.41) is 0. The van der Waals surface area contributed by atoms with Crippen molar-refractivity contribution in [2.75, 3.05) is 20.3 Å². The van der Waals surface area contributed by atoms with Gasteiger partial charge in [-0.1, -0.05) is 34.1 Å². The molecule has 148 valence electrons. The molecule has 3 aliphatic heterocycles. The molecule has 0 N–H and O–H groups in total. The van der Waals surface area contributed by atoms with Crippen molar-refractivity contribution in [1.82, 2.24) is 4.90 Å². The molecular weight excluding hydrogens is 338 g/mol. The molecule has 0 bridgehead atoms. The maximum Gasteiger partial charge on any atom is 0.337 e. The Morgan fingerprint density at radius 3 is 2.65 bits per heavy atom. The highest BCUT2D eigenvalue weighted by Gasteiger charge is 2.79. The zero-order valence-corrected chi connectivity index (χ0v) is 16.7. The second kappa shape index (κ2) is 6.46. The van der Waals surface area contributed by atoms with Crippen LogP contribution in [0.1, 0.15) is 53.9 Å². The molecule has 0 saturated carbocycles. The monoisotopic (exact) mass is 369 g/mol. The van der Waals surface area contributed by atoms with E-state index in [0.29, 0.717) is 13.0 Å². The van der Waals surface area contributed by atoms with Gasteiger partial charge in [-0.2, -0.15) is 0 Å². The Balaban J connectivity index is 1.96. The lowest BCUT2D eigenvalue weighted by Crippen LogP contribution is -2.64. The average Bonchev–Trinajstić information content (AvgIpc) is 3.17. The maximum atomic E-state index is 13.3. The topological polar surface area (TPSA) is 74.3 Å². The van der Waals surface area contributed by atoms with E-state index in [9.17, 15) is 9.59 Å². The molecule has 0 aromatic carbocycles. The Morgan fingerprint density at radius 2 is 2.08 bits per heavy atom. The molecule has 0 spiro atoms. The molecule has 7 nitrogen and oxygen atoms in total. The minimum atomic E-state index is -1.27. The highest BCUT2D eigenvalue weighted by molar-refractivity contribution is 5.97. The normalized spacial score (nSPS) is 39.2. The molecule has 3 saturated heterocycles. The standard InChI is InChI=1S/C19H31NO6/c1-7-8-9-24-13-10-12-14(21)20-15(17(2,3)4)25-11-19(20,16(22)23-6)18(12,5)26-13/h12-13,15H,7-11H2,1-6H3/t12-,13+,15-,18-,19+/m0/s1. The SMILES string of the molecule is CCCCO[C@H]1C[C@H]2C(=O)N3[C@H](C(C)(C)C)OC[C@@]3(C(=O)OC)[C@@]2(C)O1. The van der Waals surface area contributed by atoms with Gasteiger partial charge in [0.25, 0.3) is 0 Å². The van der Waals surface area contributed by atoms with Gasteiger partial charge in [0.1, 0.15) is 11.8 Å². The Bertz CT molecular complexity index is 587. The van der Waals surface area contributed by atoms with Crippen molar-refractivity contribution >= 4 is 11.9 Å². The van der Waals surface area contributed by atoms with Crippen LogP contribution in [0.25, 0.3) is 0 Å². The number of amides is 1. The summed E-state index contributed by atoms with van der Waals surface area (Å²) in [7, 11) is 1.34. The van der Waals surface area contributed by atoms with Crippen molar-refractivity contribution in [3.05, 3.63) is 0 Å². The number of hydrogen-bond donors (Lipinski definition) is 0. The Kier molecular flexibility index (Phi) is 4.86. The van der Waals surface area contributed by atoms with Crippen LogP contribution in [0, 0.1) is 11.3 Å². The summed E-state index contributed by atoms with van der Waals surface area (Å²) in [6.07, 6.45) is 1.41. The van der Waals surface area contributed by atoms with Crippen LogP contribution in [0.3, 0.4) is 0 Å². The van der Waals surface area contributed by atoms with Crippen LogP contribution in [0.2, 0.25) is 0 Å². The fourth-order valence-electron chi connectivity index (χ4n) is 4.57. The zero-order valence-electron chi connectivity index (χ0n) is 16.7. The molecule has 0 radical (unpaired) electrons. The third-order valence-electron chi connectivity index (χ3n) is 5.99. The highest BCUT2D eigenvalue weighted by atomic mass is 16.7. The van der Waals surface area contributed by atoms with E-state index >= 15 is 0 Å². The van der Waals surface area contributed by atoms with Gasteiger partial charge in [0.05, 0.1) is 19.6 Å². The molecule has 1 amide bonds. The second-order valence-corrected chi connectivity index (χ2v) is 8.76. The molecule has 3 rings (SSSR count). The first-order valence-electron chi connectivity index (χ1n) is 9.46. The van der Waals surface area contributed by atoms with E-state index in [1.54, 1.807) is 4.90 Å². The summed E-state index contributed by atoms with van der Waals surface area (Å²) in [5.74, 6) is -1.05. The zero-order chi connectivity index (χ0) is 19.3. The lowest BCUT2D eigenvalue weighted by atomic mass is 9.77. The molecule has 7 heteroatoms. The van der Waals surface area contributed by atoms with Gasteiger partial charge in [0, 0.05) is 18.4 Å². The molecule has 0 unspecified atom stereocenters. The van der Waals surface area contributed by atoms with Gasteiger partial charge < -0.3 is 18.9 Å². The van der Waals surface area contributed by atoms with E-state index in [4.69, 9.17) is 18.9 Å². The third-order valence-corrected chi connectivity index (χ3v) is 5.99. The van der Waals surface area contributed by atoms with Gasteiger partial charge in [-0.05, 0) is 13.3 Å². The van der Waals surface area contributed by atoms with Crippen molar-refractivity contribution in [3.63, 3.8) is 0 Å². The number of unbranched alkanes of at least 4 members (excludes halogenated alkanes) is 1. The maximum absolute atomic E-state index is 13.3. The van der Waals surface area contributed by atoms with Crippen LogP contribution in [0.4, 0.5) is 0 Å². The lowest BCUT2D eigenvalue weighted by molar-refractivity contribution is -0.204. The van der Waals surface area contributed by atoms with Crippen molar-refractivity contribution < 1.29 is 28.5 Å². The van der Waals surface area contributed by atoms with Crippen LogP contribution >= 0.6 is 0 Å². The summed E-state index contributed by atoms with van der Waals surface area (Å²) in [6, 6.07) is 0. The number of methoxy groups -OCH3 is 1. The van der Waals surface area contributed by atoms with Gasteiger partial charge in [0.2, 0.25) is 5.91 Å². The molecule has 0 aliphatic carbocycles. The second-order valence-electron chi connectivity index (χ2n) is 8.76. The van der Waals surface area contributed by atoms with Crippen LogP contribution in [0.5, 0.6) is 0 Å². The summed E-state index contributed by atoms with van der Waals surface area (Å²) in [6.45, 7) is 10.5. The molecule has 0 aromatic rings. The van der Waals surface area contributed by atoms with E-state index in [0.717, 1.165) is 12.8 Å². The molecular formula is C19H31NO6. The number of carbonyl (C=O) groups is 2. The third kappa shape index (κ3) is 2.51. The van der Waals surface area contributed by atoms with Crippen molar-refractivity contribution in [2.45, 2.75) is 77.5 Å². The van der Waals surface area contributed by atoms with Gasteiger partial charge in [-0.3, -0.25) is 9.69 Å². The predicted molar refractivity (Wildman–Crippen MR) is 93.0 cm³/mol. The summed E-state index contributed by atoms with van der Waals surface area (Å²) in [5.41, 5.74) is -2.64. The number of fused-ring (bicyclic) bond motifs is 3. The Labute approximate surface area is 155 Å². The van der Waals surface area contributed by atoms with E-state index in [1.807, 2.05) is 27.7 Å². The van der Waals surface area contributed by atoms with Gasteiger partial charge >= 0.3 is 5.97 Å². The first-order valence-corrected chi connectivity index (χ1v) is 9.46. The van der Waals surface area contributed by atoms with Crippen molar-refractivity contribution in [3.8, 4) is 0 Å². The summed E-state index contributed by atoms with van der Waals surface area (Å²) < 4.78 is 23.1. The number of hydrogen-bond acceptors (Lipinski definition) is 6. The Hall–Kier alpha value is -1.18. The Morgan fingerprint density at radius 1 is 1.38 bits per heavy atom. The van der Waals surface area contributed by atoms with Crippen LogP contribution < -0.4 is 0 Å². The van der Waals surface area contributed by atoms with Gasteiger partial charge in [-0.25, -0.2) is 4.79 Å². The van der Waals surface area contributed by atoms with Crippen LogP contribution in [0.15, 0.2) is 0 Å². The van der Waals surface area contributed by atoms with E-state index in [2.05, 4.69) is 6.92 Å². The number of carbonyl (C=O) groups excluding carboxylic acids is 2. The largest absolute Gasteiger partial charge is 0.467 e. The van der Waals surface area contributed by atoms with Crippen molar-refractivity contribution in [1.29, 1.82) is 0 Å². The van der Waals surface area contributed by atoms with Gasteiger partial charge in [0.15, 0.2) is 11.8 Å². The molecule has 3 aliphatic rings. The smallest absolute Gasteiger partial charge is 0.337 e. The van der Waals surface area contributed by atoms with E-state index < -0.39 is 35.5 Å². The highest BCUT2D eigenvalue weighted by Crippen LogP contribution is 2.58. The quantitative estimate of drug-likeness (QED) is 0.546. The fraction of sp³-hybridized carbons (Fsp3) is 0.895. The van der Waals surface area contributed by atoms with E-state index in [1.165, 1.54) is 7.11 Å². The minimum absolute atomic E-state index is 0.0715. The first-order chi connectivity index (χ1) is 12.1. The van der Waals surface area contributed by atoms with Crippen LogP contribution in [-0.2, 0) is 28.5 Å². The molecule has 0 aromatic heterocycles. The first kappa shape index (κ1) is 19.6. The number of ether oxygens (including phenoxy) is 4. The average molecular weight is 369 g/mol.